The van der Waals surface area contributed by atoms with Crippen molar-refractivity contribution >= 4 is 34.2 Å². The zero-order chi connectivity index (χ0) is 36.2. The fraction of sp³-hybridized carbons (Fsp3) is 0.140. The van der Waals surface area contributed by atoms with Crippen LogP contribution in [-0.2, 0) is 9.53 Å². The molecule has 7 rings (SSSR count). The highest BCUT2D eigenvalue weighted by Crippen LogP contribution is 2.37. The summed E-state index contributed by atoms with van der Waals surface area (Å²) < 4.78 is 22.3. The molecule has 4 aromatic rings. The Kier molecular flexibility index (Phi) is 9.58. The van der Waals surface area contributed by atoms with Crippen LogP contribution in [0.1, 0.15) is 41.9 Å². The molecule has 1 aromatic heterocycles. The molecule has 0 unspecified atom stereocenters. The molecule has 0 bridgehead atoms. The van der Waals surface area contributed by atoms with Crippen molar-refractivity contribution in [2.75, 3.05) is 21.3 Å². The molecule has 1 amide bonds. The molecule has 0 spiro atoms. The molecule has 4 heterocycles. The Morgan fingerprint density at radius 1 is 0.558 bits per heavy atom. The number of H-pyrrole nitrogens is 1. The molecule has 0 aliphatic carbocycles. The Labute approximate surface area is 302 Å². The number of hydrogen-bond acceptors (Lipinski definition) is 7. The van der Waals surface area contributed by atoms with Crippen molar-refractivity contribution in [1.29, 1.82) is 0 Å². The summed E-state index contributed by atoms with van der Waals surface area (Å²) in [6.07, 6.45) is 11.1. The van der Waals surface area contributed by atoms with Gasteiger partial charge in [-0.05, 0) is 103 Å². The first-order chi connectivity index (χ1) is 25.3. The number of aromatic nitrogens is 1. The highest BCUT2D eigenvalue weighted by Gasteiger charge is 2.24. The maximum atomic E-state index is 12.3. The van der Waals surface area contributed by atoms with Gasteiger partial charge in [-0.25, -0.2) is 9.98 Å². The van der Waals surface area contributed by atoms with Crippen molar-refractivity contribution in [1.82, 2.24) is 10.3 Å². The zero-order valence-electron chi connectivity index (χ0n) is 29.6. The van der Waals surface area contributed by atoms with Crippen LogP contribution in [0.3, 0.4) is 0 Å². The Balaban J connectivity index is 1.37. The van der Waals surface area contributed by atoms with E-state index in [2.05, 4.69) is 22.4 Å². The predicted molar refractivity (Wildman–Crippen MR) is 205 cm³/mol. The van der Waals surface area contributed by atoms with Gasteiger partial charge in [0, 0.05) is 40.3 Å². The van der Waals surface area contributed by atoms with Gasteiger partial charge in [0.25, 0.3) is 0 Å². The number of methoxy groups -OCH3 is 3. The third kappa shape index (κ3) is 7.02. The number of allylic oxidation sites excluding steroid dienone is 5. The Hall–Kier alpha value is -6.61. The molecule has 3 aliphatic heterocycles. The van der Waals surface area contributed by atoms with Gasteiger partial charge in [-0.3, -0.25) is 4.79 Å². The van der Waals surface area contributed by atoms with Crippen molar-refractivity contribution in [2.24, 2.45) is 9.98 Å². The Morgan fingerprint density at radius 2 is 1.04 bits per heavy atom. The highest BCUT2D eigenvalue weighted by molar-refractivity contribution is 6.32. The molecule has 3 aliphatic rings. The molecule has 9 nitrogen and oxygen atoms in total. The van der Waals surface area contributed by atoms with Crippen LogP contribution in [0, 0.1) is 0 Å². The van der Waals surface area contributed by atoms with Gasteiger partial charge in [-0.1, -0.05) is 36.4 Å². The fourth-order valence-electron chi connectivity index (χ4n) is 6.24. The smallest absolute Gasteiger partial charge is 0.248 e. The molecule has 0 saturated carbocycles. The summed E-state index contributed by atoms with van der Waals surface area (Å²) in [6.45, 7) is 3.96. The molecule has 0 fully saturated rings. The summed E-state index contributed by atoms with van der Waals surface area (Å²) in [5, 5.41) is 2.97. The molecule has 9 heteroatoms. The maximum Gasteiger partial charge on any atom is 0.248 e. The second kappa shape index (κ2) is 14.7. The molecule has 2 N–H and O–H groups in total. The minimum atomic E-state index is -0.177. The molecule has 0 atom stereocenters. The van der Waals surface area contributed by atoms with Gasteiger partial charge in [0.05, 0.1) is 50.2 Å². The van der Waals surface area contributed by atoms with E-state index in [0.29, 0.717) is 17.3 Å². The quantitative estimate of drug-likeness (QED) is 0.175. The fourth-order valence-corrected chi connectivity index (χ4v) is 6.24. The topological polar surface area (TPSA) is 107 Å². The lowest BCUT2D eigenvalue weighted by atomic mass is 9.98. The number of hydrogen-bond donors (Lipinski definition) is 2. The number of amides is 1. The maximum absolute atomic E-state index is 12.3. The van der Waals surface area contributed by atoms with E-state index in [4.69, 9.17) is 28.9 Å². The second-order valence-corrected chi connectivity index (χ2v) is 12.4. The van der Waals surface area contributed by atoms with E-state index in [1.165, 1.54) is 6.08 Å². The lowest BCUT2D eigenvalue weighted by Gasteiger charge is -2.13. The van der Waals surface area contributed by atoms with Gasteiger partial charge in [0.15, 0.2) is 0 Å². The van der Waals surface area contributed by atoms with E-state index in [9.17, 15) is 4.79 Å². The van der Waals surface area contributed by atoms with Crippen molar-refractivity contribution in [2.45, 2.75) is 20.0 Å². The lowest BCUT2D eigenvalue weighted by Crippen LogP contribution is -2.16. The number of carbonyl (C=O) groups is 1. The van der Waals surface area contributed by atoms with Gasteiger partial charge >= 0.3 is 0 Å². The van der Waals surface area contributed by atoms with Crippen LogP contribution in [0.25, 0.3) is 16.7 Å². The molecule has 0 saturated heterocycles. The van der Waals surface area contributed by atoms with Gasteiger partial charge in [0.1, 0.15) is 17.2 Å². The third-order valence-corrected chi connectivity index (χ3v) is 8.67. The van der Waals surface area contributed by atoms with Crippen molar-refractivity contribution in [3.05, 3.63) is 167 Å². The summed E-state index contributed by atoms with van der Waals surface area (Å²) in [5.41, 5.74) is 10.0. The standard InChI is InChI=1S/C43H38N4O5/c1-26(2)52-40-25-23-38(47-40)43(29-10-16-32(51-5)17-11-29)36-21-19-34(45-36)41(27-6-12-30(49-3)13-7-27)33-18-20-35(44-33)42(37-22-24-39(48)46-37)28-8-14-31(50-4)15-9-28/h6-26,45H,1-5H3,(H,46,48)/b41-33-,42-37+,43-38+. The molecule has 260 valence electrons. The van der Waals surface area contributed by atoms with Crippen LogP contribution in [0.4, 0.5) is 0 Å². The van der Waals surface area contributed by atoms with Gasteiger partial charge < -0.3 is 29.2 Å². The number of ether oxygens (including phenoxy) is 4. The first kappa shape index (κ1) is 33.9. The van der Waals surface area contributed by atoms with Crippen LogP contribution < -0.4 is 19.5 Å². The first-order valence-corrected chi connectivity index (χ1v) is 16.9. The second-order valence-electron chi connectivity index (χ2n) is 12.4. The number of aromatic amines is 1. The molecule has 0 radical (unpaired) electrons. The number of nitrogens with one attached hydrogen (secondary N) is 2. The van der Waals surface area contributed by atoms with Crippen molar-refractivity contribution in [3.63, 3.8) is 0 Å². The predicted octanol–water partition coefficient (Wildman–Crippen LogP) is 8.06. The van der Waals surface area contributed by atoms with Crippen LogP contribution in [0.5, 0.6) is 17.2 Å². The Morgan fingerprint density at radius 3 is 1.50 bits per heavy atom. The van der Waals surface area contributed by atoms with Crippen LogP contribution in [0.2, 0.25) is 0 Å². The van der Waals surface area contributed by atoms with E-state index in [0.717, 1.165) is 73.4 Å². The molecule has 52 heavy (non-hydrogen) atoms. The van der Waals surface area contributed by atoms with Crippen molar-refractivity contribution in [3.8, 4) is 17.2 Å². The lowest BCUT2D eigenvalue weighted by molar-refractivity contribution is -0.115. The zero-order valence-corrected chi connectivity index (χ0v) is 29.6. The number of aliphatic imine (C=N–C) groups is 2. The van der Waals surface area contributed by atoms with Crippen LogP contribution in [-0.4, -0.2) is 49.9 Å². The molecular formula is C43H38N4O5. The SMILES string of the molecule is COc1ccc(/C(=C2\C=CC(C(=C3\C=CC(=O)N3)/c3ccc(OC)cc3)=N2)c2ccc(/C(=C3\C=CC(OC(C)C)=N3)c3ccc(OC)cc3)[nH]2)cc1. The number of carbonyl (C=O) groups excluding carboxylic acids is 1. The summed E-state index contributed by atoms with van der Waals surface area (Å²) in [5.74, 6) is 2.64. The normalized spacial score (nSPS) is 17.6. The van der Waals surface area contributed by atoms with Gasteiger partial charge in [-0.15, -0.1) is 0 Å². The number of benzene rings is 3. The average molecular weight is 691 g/mol. The highest BCUT2D eigenvalue weighted by atomic mass is 16.5. The third-order valence-electron chi connectivity index (χ3n) is 8.67. The average Bonchev–Trinajstić information content (AvgIpc) is 4.00. The van der Waals surface area contributed by atoms with Gasteiger partial charge in [0.2, 0.25) is 11.8 Å². The summed E-state index contributed by atoms with van der Waals surface area (Å²) in [6, 6.07) is 27.7. The summed E-state index contributed by atoms with van der Waals surface area (Å²) in [7, 11) is 4.94. The minimum Gasteiger partial charge on any atom is -0.497 e. The summed E-state index contributed by atoms with van der Waals surface area (Å²) in [4.78, 5) is 26.0. The monoisotopic (exact) mass is 690 g/mol. The number of rotatable bonds is 10. The Bertz CT molecular complexity index is 2260. The van der Waals surface area contributed by atoms with E-state index in [1.54, 1.807) is 27.4 Å². The van der Waals surface area contributed by atoms with Gasteiger partial charge in [-0.2, -0.15) is 0 Å². The minimum absolute atomic E-state index is 0.00490. The van der Waals surface area contributed by atoms with E-state index >= 15 is 0 Å². The van der Waals surface area contributed by atoms with E-state index < -0.39 is 0 Å². The summed E-state index contributed by atoms with van der Waals surface area (Å²) >= 11 is 0. The van der Waals surface area contributed by atoms with E-state index in [-0.39, 0.29) is 12.0 Å². The molecule has 3 aromatic carbocycles. The largest absolute Gasteiger partial charge is 0.497 e. The molecular weight excluding hydrogens is 652 g/mol. The van der Waals surface area contributed by atoms with E-state index in [1.807, 2.05) is 111 Å². The van der Waals surface area contributed by atoms with Crippen LogP contribution in [0.15, 0.2) is 148 Å². The first-order valence-electron chi connectivity index (χ1n) is 16.9. The van der Waals surface area contributed by atoms with Crippen molar-refractivity contribution < 1.29 is 23.7 Å². The van der Waals surface area contributed by atoms with Crippen LogP contribution >= 0.6 is 0 Å². The number of nitrogens with zero attached hydrogens (tertiary/aromatic N) is 2.